The zero-order valence-electron chi connectivity index (χ0n) is 16.4. The molecular weight excluding hydrogens is 372 g/mol. The van der Waals surface area contributed by atoms with Crippen LogP contribution in [0.25, 0.3) is 11.0 Å². The zero-order valence-corrected chi connectivity index (χ0v) is 17.2. The number of carbonyl (C=O) groups excluding carboxylic acids is 2. The molecule has 1 aliphatic carbocycles. The van der Waals surface area contributed by atoms with Crippen molar-refractivity contribution in [3.8, 4) is 0 Å². The van der Waals surface area contributed by atoms with Crippen molar-refractivity contribution in [1.82, 2.24) is 19.8 Å². The topological polar surface area (TPSA) is 67.2 Å². The fourth-order valence-corrected chi connectivity index (χ4v) is 4.97. The molecule has 146 valence electrons. The van der Waals surface area contributed by atoms with E-state index in [0.717, 1.165) is 40.1 Å². The SMILES string of the molecule is CN(C)C(=O)c1cc2c(s1)CCC(C(=O)NCc1nc3ccccc3n1C)C2. The normalized spacial score (nSPS) is 16.0. The van der Waals surface area contributed by atoms with E-state index in [4.69, 9.17) is 0 Å². The van der Waals surface area contributed by atoms with Crippen molar-refractivity contribution in [2.75, 3.05) is 14.1 Å². The van der Waals surface area contributed by atoms with Crippen LogP contribution in [0.3, 0.4) is 0 Å². The van der Waals surface area contributed by atoms with E-state index in [0.29, 0.717) is 13.0 Å². The van der Waals surface area contributed by atoms with E-state index >= 15 is 0 Å². The molecule has 0 fully saturated rings. The Morgan fingerprint density at radius 3 is 2.86 bits per heavy atom. The van der Waals surface area contributed by atoms with Crippen molar-refractivity contribution in [1.29, 1.82) is 0 Å². The highest BCUT2D eigenvalue weighted by Gasteiger charge is 2.27. The summed E-state index contributed by atoms with van der Waals surface area (Å²) in [6, 6.07) is 9.93. The van der Waals surface area contributed by atoms with Crippen LogP contribution < -0.4 is 5.32 Å². The van der Waals surface area contributed by atoms with Gasteiger partial charge in [-0.05, 0) is 43.0 Å². The van der Waals surface area contributed by atoms with Gasteiger partial charge in [0.15, 0.2) is 0 Å². The largest absolute Gasteiger partial charge is 0.349 e. The molecule has 4 rings (SSSR count). The van der Waals surface area contributed by atoms with E-state index in [2.05, 4.69) is 10.3 Å². The van der Waals surface area contributed by atoms with Gasteiger partial charge in [0.2, 0.25) is 5.91 Å². The average Bonchev–Trinajstić information content (AvgIpc) is 3.26. The highest BCUT2D eigenvalue weighted by Crippen LogP contribution is 2.33. The van der Waals surface area contributed by atoms with Gasteiger partial charge in [0.1, 0.15) is 5.82 Å². The Labute approximate surface area is 168 Å². The summed E-state index contributed by atoms with van der Waals surface area (Å²) in [4.78, 5) is 33.1. The second kappa shape index (κ2) is 7.39. The van der Waals surface area contributed by atoms with Gasteiger partial charge < -0.3 is 14.8 Å². The number of hydrogen-bond acceptors (Lipinski definition) is 4. The van der Waals surface area contributed by atoms with Crippen LogP contribution in [0.4, 0.5) is 0 Å². The van der Waals surface area contributed by atoms with Crippen molar-refractivity contribution in [2.24, 2.45) is 13.0 Å². The van der Waals surface area contributed by atoms with Crippen molar-refractivity contribution in [2.45, 2.75) is 25.8 Å². The Hall–Kier alpha value is -2.67. The monoisotopic (exact) mass is 396 g/mol. The molecule has 1 aromatic carbocycles. The summed E-state index contributed by atoms with van der Waals surface area (Å²) >= 11 is 1.56. The maximum atomic E-state index is 12.7. The van der Waals surface area contributed by atoms with Crippen LogP contribution in [0, 0.1) is 5.92 Å². The van der Waals surface area contributed by atoms with Gasteiger partial charge in [-0.1, -0.05) is 12.1 Å². The lowest BCUT2D eigenvalue weighted by Crippen LogP contribution is -2.34. The number of para-hydroxylation sites is 2. The van der Waals surface area contributed by atoms with Gasteiger partial charge in [-0.15, -0.1) is 11.3 Å². The number of benzene rings is 1. The third-order valence-corrected chi connectivity index (χ3v) is 6.60. The Morgan fingerprint density at radius 1 is 1.32 bits per heavy atom. The molecule has 0 spiro atoms. The maximum absolute atomic E-state index is 12.7. The molecule has 1 unspecified atom stereocenters. The van der Waals surface area contributed by atoms with Crippen molar-refractivity contribution in [3.05, 3.63) is 51.5 Å². The van der Waals surface area contributed by atoms with Gasteiger partial charge in [-0.2, -0.15) is 0 Å². The van der Waals surface area contributed by atoms with E-state index in [1.165, 1.54) is 4.88 Å². The predicted octanol–water partition coefficient (Wildman–Crippen LogP) is 2.76. The minimum absolute atomic E-state index is 0.0299. The number of amides is 2. The van der Waals surface area contributed by atoms with Gasteiger partial charge in [0.05, 0.1) is 22.5 Å². The molecule has 2 heterocycles. The van der Waals surface area contributed by atoms with Crippen LogP contribution in [0.15, 0.2) is 30.3 Å². The van der Waals surface area contributed by atoms with Gasteiger partial charge in [0, 0.05) is 31.9 Å². The molecule has 0 saturated carbocycles. The van der Waals surface area contributed by atoms with Crippen LogP contribution in [0.2, 0.25) is 0 Å². The van der Waals surface area contributed by atoms with Crippen molar-refractivity contribution >= 4 is 34.2 Å². The third-order valence-electron chi connectivity index (χ3n) is 5.37. The number of thiophene rings is 1. The Bertz CT molecular complexity index is 1050. The summed E-state index contributed by atoms with van der Waals surface area (Å²) in [6.45, 7) is 0.418. The Morgan fingerprint density at radius 2 is 2.11 bits per heavy atom. The first-order chi connectivity index (χ1) is 13.4. The summed E-state index contributed by atoms with van der Waals surface area (Å²) in [6.07, 6.45) is 2.36. The van der Waals surface area contributed by atoms with Gasteiger partial charge in [-0.3, -0.25) is 9.59 Å². The van der Waals surface area contributed by atoms with E-state index in [-0.39, 0.29) is 17.7 Å². The van der Waals surface area contributed by atoms with Crippen molar-refractivity contribution < 1.29 is 9.59 Å². The summed E-state index contributed by atoms with van der Waals surface area (Å²) in [5.74, 6) is 0.881. The summed E-state index contributed by atoms with van der Waals surface area (Å²) in [7, 11) is 5.50. The van der Waals surface area contributed by atoms with E-state index in [9.17, 15) is 9.59 Å². The highest BCUT2D eigenvalue weighted by molar-refractivity contribution is 7.14. The van der Waals surface area contributed by atoms with E-state index < -0.39 is 0 Å². The van der Waals surface area contributed by atoms with Crippen LogP contribution >= 0.6 is 11.3 Å². The third kappa shape index (κ3) is 3.42. The number of rotatable bonds is 4. The lowest BCUT2D eigenvalue weighted by Gasteiger charge is -2.21. The first kappa shape index (κ1) is 18.7. The van der Waals surface area contributed by atoms with E-state index in [1.54, 1.807) is 30.3 Å². The second-order valence-electron chi connectivity index (χ2n) is 7.49. The average molecular weight is 397 g/mol. The number of carbonyl (C=O) groups is 2. The molecule has 1 atom stereocenters. The molecule has 0 bridgehead atoms. The minimum Gasteiger partial charge on any atom is -0.349 e. The Balaban J connectivity index is 1.42. The number of nitrogens with one attached hydrogen (secondary N) is 1. The van der Waals surface area contributed by atoms with Crippen LogP contribution in [0.1, 0.15) is 32.4 Å². The lowest BCUT2D eigenvalue weighted by atomic mass is 9.88. The number of aryl methyl sites for hydroxylation is 2. The first-order valence-electron chi connectivity index (χ1n) is 9.45. The van der Waals surface area contributed by atoms with Gasteiger partial charge in [-0.25, -0.2) is 4.98 Å². The summed E-state index contributed by atoms with van der Waals surface area (Å²) in [5, 5.41) is 3.06. The van der Waals surface area contributed by atoms with Gasteiger partial charge in [0.25, 0.3) is 5.91 Å². The highest BCUT2D eigenvalue weighted by atomic mass is 32.1. The molecule has 6 nitrogen and oxygen atoms in total. The summed E-state index contributed by atoms with van der Waals surface area (Å²) < 4.78 is 2.02. The second-order valence-corrected chi connectivity index (χ2v) is 8.63. The molecule has 1 N–H and O–H groups in total. The van der Waals surface area contributed by atoms with Gasteiger partial charge >= 0.3 is 0 Å². The summed E-state index contributed by atoms with van der Waals surface area (Å²) in [5.41, 5.74) is 3.14. The quantitative estimate of drug-likeness (QED) is 0.737. The van der Waals surface area contributed by atoms with E-state index in [1.807, 2.05) is 41.9 Å². The minimum atomic E-state index is -0.0564. The number of nitrogens with zero attached hydrogens (tertiary/aromatic N) is 3. The number of imidazole rings is 1. The predicted molar refractivity (Wildman–Crippen MR) is 110 cm³/mol. The van der Waals surface area contributed by atoms with Crippen LogP contribution in [-0.2, 0) is 31.2 Å². The molecule has 28 heavy (non-hydrogen) atoms. The number of aromatic nitrogens is 2. The molecule has 0 aliphatic heterocycles. The molecule has 3 aromatic rings. The number of fused-ring (bicyclic) bond motifs is 2. The fraction of sp³-hybridized carbons (Fsp3) is 0.381. The molecular formula is C21H24N4O2S. The maximum Gasteiger partial charge on any atom is 0.263 e. The van der Waals surface area contributed by atoms with Crippen LogP contribution in [0.5, 0.6) is 0 Å². The van der Waals surface area contributed by atoms with Crippen LogP contribution in [-0.4, -0.2) is 40.4 Å². The van der Waals surface area contributed by atoms with Crippen molar-refractivity contribution in [3.63, 3.8) is 0 Å². The molecule has 7 heteroatoms. The standard InChI is InChI=1S/C21H24N4O2S/c1-24(2)21(27)18-11-14-10-13(8-9-17(14)28-18)20(26)22-12-19-23-15-6-4-5-7-16(15)25(19)3/h4-7,11,13H,8-10,12H2,1-3H3,(H,22,26). The fourth-order valence-electron chi connectivity index (χ4n) is 3.74. The molecule has 0 saturated heterocycles. The Kier molecular flexibility index (Phi) is 4.93. The molecule has 2 amide bonds. The molecule has 2 aromatic heterocycles. The lowest BCUT2D eigenvalue weighted by molar-refractivity contribution is -0.125. The smallest absolute Gasteiger partial charge is 0.263 e. The molecule has 0 radical (unpaired) electrons. The first-order valence-corrected chi connectivity index (χ1v) is 10.3. The molecule has 1 aliphatic rings. The zero-order chi connectivity index (χ0) is 19.8. The number of hydrogen-bond donors (Lipinski definition) is 1.